The van der Waals surface area contributed by atoms with Crippen molar-refractivity contribution in [2.24, 2.45) is 5.92 Å². The lowest BCUT2D eigenvalue weighted by atomic mass is 10.0. The van der Waals surface area contributed by atoms with Crippen LogP contribution in [0, 0.1) is 5.92 Å². The second-order valence-electron chi connectivity index (χ2n) is 4.92. The number of halogens is 1. The van der Waals surface area contributed by atoms with Crippen LogP contribution in [0.25, 0.3) is 0 Å². The Morgan fingerprint density at radius 3 is 2.75 bits per heavy atom. The molecule has 1 aliphatic rings. The molecule has 0 amide bonds. The van der Waals surface area contributed by atoms with Crippen molar-refractivity contribution in [3.05, 3.63) is 22.7 Å². The van der Waals surface area contributed by atoms with Gasteiger partial charge in [-0.3, -0.25) is 4.72 Å². The number of hydrogen-bond donors (Lipinski definition) is 2. The van der Waals surface area contributed by atoms with Gasteiger partial charge in [-0.15, -0.1) is 0 Å². The summed E-state index contributed by atoms with van der Waals surface area (Å²) in [6.07, 6.45) is 1.81. The summed E-state index contributed by atoms with van der Waals surface area (Å²) in [5, 5.41) is 3.24. The van der Waals surface area contributed by atoms with Gasteiger partial charge < -0.3 is 10.1 Å². The predicted octanol–water partition coefficient (Wildman–Crippen LogP) is 2.20. The summed E-state index contributed by atoms with van der Waals surface area (Å²) in [6.45, 7) is 1.78. The summed E-state index contributed by atoms with van der Waals surface area (Å²) in [6, 6.07) is 5.21. The molecule has 0 saturated carbocycles. The molecular formula is C13H19BrN2O3S. The Hall–Kier alpha value is -0.790. The lowest BCUT2D eigenvalue weighted by Crippen LogP contribution is -2.33. The van der Waals surface area contributed by atoms with E-state index in [1.54, 1.807) is 25.3 Å². The minimum absolute atomic E-state index is 0.165. The minimum Gasteiger partial charge on any atom is -0.497 e. The van der Waals surface area contributed by atoms with E-state index in [0.29, 0.717) is 15.9 Å². The first-order chi connectivity index (χ1) is 9.50. The molecule has 112 valence electrons. The van der Waals surface area contributed by atoms with Crippen LogP contribution in [0.15, 0.2) is 22.7 Å². The predicted molar refractivity (Wildman–Crippen MR) is 83.7 cm³/mol. The number of methoxy groups -OCH3 is 1. The molecule has 2 N–H and O–H groups in total. The quantitative estimate of drug-likeness (QED) is 0.842. The van der Waals surface area contributed by atoms with Crippen LogP contribution in [0.5, 0.6) is 5.75 Å². The normalized spacial score (nSPS) is 16.9. The van der Waals surface area contributed by atoms with Crippen molar-refractivity contribution < 1.29 is 13.2 Å². The number of piperidine rings is 1. The van der Waals surface area contributed by atoms with Crippen LogP contribution in [0.3, 0.4) is 0 Å². The highest BCUT2D eigenvalue weighted by molar-refractivity contribution is 9.10. The van der Waals surface area contributed by atoms with E-state index in [9.17, 15) is 8.42 Å². The molecule has 2 rings (SSSR count). The average molecular weight is 363 g/mol. The zero-order valence-corrected chi connectivity index (χ0v) is 13.8. The van der Waals surface area contributed by atoms with Gasteiger partial charge in [-0.1, -0.05) is 0 Å². The highest BCUT2D eigenvalue weighted by atomic mass is 79.9. The Kier molecular flexibility index (Phi) is 5.29. The zero-order chi connectivity index (χ0) is 14.6. The molecular weight excluding hydrogens is 344 g/mol. The summed E-state index contributed by atoms with van der Waals surface area (Å²) in [4.78, 5) is 0. The molecule has 0 radical (unpaired) electrons. The molecule has 5 nitrogen and oxygen atoms in total. The number of benzene rings is 1. The van der Waals surface area contributed by atoms with Gasteiger partial charge >= 0.3 is 0 Å². The summed E-state index contributed by atoms with van der Waals surface area (Å²) in [5.41, 5.74) is 0.512. The maximum atomic E-state index is 12.2. The third kappa shape index (κ3) is 4.36. The molecule has 0 bridgehead atoms. The van der Waals surface area contributed by atoms with Crippen molar-refractivity contribution in [1.29, 1.82) is 0 Å². The van der Waals surface area contributed by atoms with Gasteiger partial charge in [-0.2, -0.15) is 0 Å². The molecule has 20 heavy (non-hydrogen) atoms. The van der Waals surface area contributed by atoms with Gasteiger partial charge in [0.2, 0.25) is 10.0 Å². The molecule has 0 aromatic heterocycles. The van der Waals surface area contributed by atoms with E-state index in [2.05, 4.69) is 26.0 Å². The van der Waals surface area contributed by atoms with Crippen molar-refractivity contribution >= 4 is 31.6 Å². The van der Waals surface area contributed by atoms with Gasteiger partial charge in [0.1, 0.15) is 5.75 Å². The molecule has 1 saturated heterocycles. The van der Waals surface area contributed by atoms with E-state index >= 15 is 0 Å². The van der Waals surface area contributed by atoms with Crippen molar-refractivity contribution in [1.82, 2.24) is 5.32 Å². The Balaban J connectivity index is 2.07. The fourth-order valence-electron chi connectivity index (χ4n) is 2.28. The second-order valence-corrected chi connectivity index (χ2v) is 7.54. The van der Waals surface area contributed by atoms with E-state index in [4.69, 9.17) is 4.74 Å². The number of nitrogens with one attached hydrogen (secondary N) is 2. The first-order valence-electron chi connectivity index (χ1n) is 6.55. The average Bonchev–Trinajstić information content (AvgIpc) is 2.41. The highest BCUT2D eigenvalue weighted by Crippen LogP contribution is 2.28. The van der Waals surface area contributed by atoms with E-state index in [0.717, 1.165) is 25.9 Å². The second kappa shape index (κ2) is 6.78. The Morgan fingerprint density at radius 2 is 2.10 bits per heavy atom. The van der Waals surface area contributed by atoms with Gasteiger partial charge in [-0.25, -0.2) is 8.42 Å². The monoisotopic (exact) mass is 362 g/mol. The maximum absolute atomic E-state index is 12.2. The SMILES string of the molecule is COc1ccc(Br)c(NS(=O)(=O)CC2CCNCC2)c1. The van der Waals surface area contributed by atoms with Crippen LogP contribution in [-0.4, -0.2) is 34.4 Å². The van der Waals surface area contributed by atoms with Crippen LogP contribution in [0.2, 0.25) is 0 Å². The van der Waals surface area contributed by atoms with Gasteiger partial charge in [0, 0.05) is 10.5 Å². The molecule has 0 unspecified atom stereocenters. The molecule has 1 fully saturated rings. The standard InChI is InChI=1S/C13H19BrN2O3S/c1-19-11-2-3-12(14)13(8-11)16-20(17,18)9-10-4-6-15-7-5-10/h2-3,8,10,15-16H,4-7,9H2,1H3. The minimum atomic E-state index is -3.35. The molecule has 0 atom stereocenters. The summed E-state index contributed by atoms with van der Waals surface area (Å²) >= 11 is 3.35. The summed E-state index contributed by atoms with van der Waals surface area (Å²) in [7, 11) is -1.79. The first-order valence-corrected chi connectivity index (χ1v) is 8.99. The maximum Gasteiger partial charge on any atom is 0.233 e. The molecule has 0 spiro atoms. The number of sulfonamides is 1. The van der Waals surface area contributed by atoms with Crippen molar-refractivity contribution in [3.63, 3.8) is 0 Å². The Labute approximate surface area is 128 Å². The van der Waals surface area contributed by atoms with Crippen LogP contribution in [-0.2, 0) is 10.0 Å². The highest BCUT2D eigenvalue weighted by Gasteiger charge is 2.21. The van der Waals surface area contributed by atoms with Crippen LogP contribution in [0.1, 0.15) is 12.8 Å². The summed E-state index contributed by atoms with van der Waals surface area (Å²) in [5.74, 6) is 1.00. The van der Waals surface area contributed by atoms with Gasteiger partial charge in [0.05, 0.1) is 18.6 Å². The number of ether oxygens (including phenoxy) is 1. The molecule has 1 heterocycles. The van der Waals surface area contributed by atoms with E-state index in [1.165, 1.54) is 0 Å². The van der Waals surface area contributed by atoms with Crippen molar-refractivity contribution in [2.45, 2.75) is 12.8 Å². The molecule has 1 aromatic carbocycles. The largest absolute Gasteiger partial charge is 0.497 e. The third-order valence-electron chi connectivity index (χ3n) is 3.35. The molecule has 1 aliphatic heterocycles. The number of hydrogen-bond acceptors (Lipinski definition) is 4. The lowest BCUT2D eigenvalue weighted by molar-refractivity contribution is 0.402. The summed E-state index contributed by atoms with van der Waals surface area (Å²) < 4.78 is 32.9. The van der Waals surface area contributed by atoms with Gasteiger partial charge in [-0.05, 0) is 59.9 Å². The smallest absolute Gasteiger partial charge is 0.233 e. The van der Waals surface area contributed by atoms with E-state index < -0.39 is 10.0 Å². The zero-order valence-electron chi connectivity index (χ0n) is 11.4. The van der Waals surface area contributed by atoms with Crippen molar-refractivity contribution in [2.75, 3.05) is 30.7 Å². The van der Waals surface area contributed by atoms with Crippen molar-refractivity contribution in [3.8, 4) is 5.75 Å². The molecule has 7 heteroatoms. The molecule has 1 aromatic rings. The third-order valence-corrected chi connectivity index (χ3v) is 5.49. The van der Waals surface area contributed by atoms with Crippen LogP contribution < -0.4 is 14.8 Å². The lowest BCUT2D eigenvalue weighted by Gasteiger charge is -2.22. The Bertz CT molecular complexity index is 557. The number of rotatable bonds is 5. The first kappa shape index (κ1) is 15.6. The van der Waals surface area contributed by atoms with E-state index in [-0.39, 0.29) is 11.7 Å². The van der Waals surface area contributed by atoms with E-state index in [1.807, 2.05) is 0 Å². The Morgan fingerprint density at radius 1 is 1.40 bits per heavy atom. The fraction of sp³-hybridized carbons (Fsp3) is 0.538. The topological polar surface area (TPSA) is 67.4 Å². The molecule has 0 aliphatic carbocycles. The van der Waals surface area contributed by atoms with Crippen LogP contribution in [0.4, 0.5) is 5.69 Å². The van der Waals surface area contributed by atoms with Gasteiger partial charge in [0.25, 0.3) is 0 Å². The fourth-order valence-corrected chi connectivity index (χ4v) is 4.30. The number of anilines is 1. The van der Waals surface area contributed by atoms with Gasteiger partial charge in [0.15, 0.2) is 0 Å². The van der Waals surface area contributed by atoms with Crippen LogP contribution >= 0.6 is 15.9 Å².